The first kappa shape index (κ1) is 31.8. The molecule has 0 saturated heterocycles. The summed E-state index contributed by atoms with van der Waals surface area (Å²) in [4.78, 5) is 0. The Morgan fingerprint density at radius 3 is 1.51 bits per heavy atom. The molecule has 7 heteroatoms. The molecule has 0 bridgehead atoms. The van der Waals surface area contributed by atoms with Crippen molar-refractivity contribution in [1.29, 1.82) is 0 Å². The van der Waals surface area contributed by atoms with Crippen molar-refractivity contribution in [3.63, 3.8) is 0 Å². The predicted octanol–water partition coefficient (Wildman–Crippen LogP) is 6.97. The van der Waals surface area contributed by atoms with Gasteiger partial charge in [0.15, 0.2) is 3.57 Å². The number of unbranched alkanes of at least 4 members (excludes halogenated alkanes) is 13. The zero-order valence-corrected chi connectivity index (χ0v) is 23.5. The van der Waals surface area contributed by atoms with Gasteiger partial charge in [-0.3, -0.25) is 0 Å². The topological polar surface area (TPSA) is 9.23 Å². The standard InChI is InChI=1S/C28H42IO.BF4/c1-2-3-4-5-6-7-8-9-10-11-12-13-14-17-24-30-26-22-20-25(21-23-26)27-18-15-16-19-28(27)29;2-1(3,4)5/h15-16,18-23,29H,2-14,17,24H2,1H3;/q+1;-1. The highest BCUT2D eigenvalue weighted by molar-refractivity contribution is 6.50. The molecule has 2 aromatic carbocycles. The Morgan fingerprint density at radius 1 is 0.629 bits per heavy atom. The molecule has 0 saturated carbocycles. The van der Waals surface area contributed by atoms with Crippen molar-refractivity contribution < 1.29 is 44.6 Å². The van der Waals surface area contributed by atoms with E-state index in [1.165, 1.54) is 98.2 Å². The lowest BCUT2D eigenvalue weighted by Crippen LogP contribution is -3.34. The first-order chi connectivity index (χ1) is 16.8. The van der Waals surface area contributed by atoms with Crippen molar-refractivity contribution in [3.05, 3.63) is 52.1 Å². The Labute approximate surface area is 223 Å². The maximum atomic E-state index is 9.75. The smallest absolute Gasteiger partial charge is 0.494 e. The van der Waals surface area contributed by atoms with Gasteiger partial charge < -0.3 is 22.0 Å². The second kappa shape index (κ2) is 19.9. The Morgan fingerprint density at radius 2 is 1.06 bits per heavy atom. The molecule has 0 aliphatic heterocycles. The van der Waals surface area contributed by atoms with E-state index >= 15 is 0 Å². The van der Waals surface area contributed by atoms with Crippen LogP contribution >= 0.6 is 0 Å². The molecular weight excluding hydrogens is 566 g/mol. The average molecular weight is 608 g/mol. The molecule has 0 unspecified atom stereocenters. The minimum atomic E-state index is -6.00. The molecule has 2 aromatic rings. The van der Waals surface area contributed by atoms with Crippen LogP contribution in [0.15, 0.2) is 48.5 Å². The van der Waals surface area contributed by atoms with Crippen LogP contribution in [0.5, 0.6) is 5.75 Å². The summed E-state index contributed by atoms with van der Waals surface area (Å²) in [6.45, 7) is 3.13. The highest BCUT2D eigenvalue weighted by Gasteiger charge is 2.20. The summed E-state index contributed by atoms with van der Waals surface area (Å²) in [7, 11) is -6.00. The van der Waals surface area contributed by atoms with Crippen LogP contribution in [0.2, 0.25) is 0 Å². The summed E-state index contributed by atoms with van der Waals surface area (Å²) in [6.07, 6.45) is 19.5. The van der Waals surface area contributed by atoms with E-state index in [-0.39, 0.29) is 0 Å². The van der Waals surface area contributed by atoms with Gasteiger partial charge in [0.1, 0.15) is 5.75 Å². The van der Waals surface area contributed by atoms with Gasteiger partial charge in [-0.2, -0.15) is 0 Å². The highest BCUT2D eigenvalue weighted by atomic mass is 127. The molecule has 2 rings (SSSR count). The van der Waals surface area contributed by atoms with Crippen LogP contribution in [0.25, 0.3) is 11.1 Å². The molecule has 198 valence electrons. The van der Waals surface area contributed by atoms with Gasteiger partial charge in [0, 0.05) is 5.56 Å². The lowest BCUT2D eigenvalue weighted by molar-refractivity contribution is -0.326. The fourth-order valence-corrected chi connectivity index (χ4v) is 4.68. The van der Waals surface area contributed by atoms with Crippen molar-refractivity contribution >= 4 is 7.25 Å². The molecule has 0 radical (unpaired) electrons. The van der Waals surface area contributed by atoms with Crippen molar-refractivity contribution in [2.75, 3.05) is 6.61 Å². The van der Waals surface area contributed by atoms with E-state index in [4.69, 9.17) is 4.74 Å². The van der Waals surface area contributed by atoms with Crippen LogP contribution in [0, 0.1) is 3.57 Å². The van der Waals surface area contributed by atoms with Gasteiger partial charge in [-0.25, -0.2) is 0 Å². The molecular formula is C28H42BF4IO. The van der Waals surface area contributed by atoms with E-state index in [2.05, 4.69) is 78.0 Å². The second-order valence-corrected chi connectivity index (χ2v) is 10.2. The van der Waals surface area contributed by atoms with Crippen molar-refractivity contribution in [3.8, 4) is 16.9 Å². The van der Waals surface area contributed by atoms with E-state index in [0.29, 0.717) is 0 Å². The minimum Gasteiger partial charge on any atom is -0.494 e. The van der Waals surface area contributed by atoms with Gasteiger partial charge in [0.25, 0.3) is 22.6 Å². The van der Waals surface area contributed by atoms with Gasteiger partial charge in [0.2, 0.25) is 0 Å². The van der Waals surface area contributed by atoms with Gasteiger partial charge in [-0.15, -0.1) is 0 Å². The molecule has 0 amide bonds. The number of hydrogen-bond donors (Lipinski definition) is 0. The molecule has 0 aromatic heterocycles. The maximum absolute atomic E-state index is 9.75. The summed E-state index contributed by atoms with van der Waals surface area (Å²) >= 11 is 2.08. The summed E-state index contributed by atoms with van der Waals surface area (Å²) in [6, 6.07) is 17.1. The molecule has 0 heterocycles. The summed E-state index contributed by atoms with van der Waals surface area (Å²) in [5.41, 5.74) is 2.57. The predicted molar refractivity (Wildman–Crippen MR) is 138 cm³/mol. The third kappa shape index (κ3) is 18.7. The SMILES string of the molecule is CCCCCCCCCCCCCCCCOc1ccc(-c2ccccc2[IH+])cc1.F[B-](F)(F)F. The zero-order chi connectivity index (χ0) is 25.8. The molecule has 0 spiro atoms. The molecule has 0 N–H and O–H groups in total. The first-order valence-corrected chi connectivity index (χ1v) is 14.3. The number of rotatable bonds is 17. The van der Waals surface area contributed by atoms with Gasteiger partial charge >= 0.3 is 7.25 Å². The summed E-state index contributed by atoms with van der Waals surface area (Å²) in [5, 5.41) is 0. The van der Waals surface area contributed by atoms with Crippen molar-refractivity contribution in [1.82, 2.24) is 0 Å². The average Bonchev–Trinajstić information content (AvgIpc) is 2.81. The quantitative estimate of drug-likeness (QED) is 0.0817. The largest absolute Gasteiger partial charge is 0.673 e. The van der Waals surface area contributed by atoms with Crippen molar-refractivity contribution in [2.45, 2.75) is 96.8 Å². The monoisotopic (exact) mass is 608 g/mol. The van der Waals surface area contributed by atoms with Crippen molar-refractivity contribution in [2.24, 2.45) is 0 Å². The molecule has 1 nitrogen and oxygen atoms in total. The third-order valence-electron chi connectivity index (χ3n) is 5.82. The highest BCUT2D eigenvalue weighted by Crippen LogP contribution is 2.22. The lowest BCUT2D eigenvalue weighted by atomic mass is 10.0. The van der Waals surface area contributed by atoms with Crippen LogP contribution in [0.1, 0.15) is 96.8 Å². The zero-order valence-electron chi connectivity index (χ0n) is 21.1. The van der Waals surface area contributed by atoms with E-state index < -0.39 is 7.25 Å². The Hall–Kier alpha value is -1.25. The summed E-state index contributed by atoms with van der Waals surface area (Å²) in [5.74, 6) is 0.989. The van der Waals surface area contributed by atoms with E-state index in [1.807, 2.05) is 0 Å². The Bertz CT molecular complexity index is 762. The van der Waals surface area contributed by atoms with Gasteiger partial charge in [-0.05, 0) is 36.2 Å². The molecule has 0 aliphatic rings. The van der Waals surface area contributed by atoms with Gasteiger partial charge in [-0.1, -0.05) is 115 Å². The van der Waals surface area contributed by atoms with Gasteiger partial charge in [0.05, 0.1) is 6.61 Å². The Kier molecular flexibility index (Phi) is 18.1. The number of halogens is 5. The lowest BCUT2D eigenvalue weighted by Gasteiger charge is -2.07. The van der Waals surface area contributed by atoms with E-state index in [9.17, 15) is 17.3 Å². The normalized spacial score (nSPS) is 11.1. The molecule has 0 fully saturated rings. The first-order valence-electron chi connectivity index (χ1n) is 13.2. The van der Waals surface area contributed by atoms with Crippen LogP contribution in [-0.4, -0.2) is 13.9 Å². The molecule has 0 aliphatic carbocycles. The third-order valence-corrected chi connectivity index (χ3v) is 6.84. The van der Waals surface area contributed by atoms with Crippen LogP contribution in [0.4, 0.5) is 17.3 Å². The molecule has 0 atom stereocenters. The fourth-order valence-electron chi connectivity index (χ4n) is 3.92. The van der Waals surface area contributed by atoms with Crippen LogP contribution < -0.4 is 27.3 Å². The minimum absolute atomic E-state index is 0.836. The number of hydrogen-bond acceptors (Lipinski definition) is 1. The number of ether oxygens (including phenoxy) is 1. The van der Waals surface area contributed by atoms with E-state index in [0.717, 1.165) is 18.8 Å². The maximum Gasteiger partial charge on any atom is 0.673 e. The fraction of sp³-hybridized carbons (Fsp3) is 0.571. The Balaban J connectivity index is 0.00000111. The second-order valence-electron chi connectivity index (χ2n) is 8.96. The number of benzene rings is 2. The van der Waals surface area contributed by atoms with E-state index in [1.54, 1.807) is 0 Å². The summed E-state index contributed by atoms with van der Waals surface area (Å²) < 4.78 is 46.3. The van der Waals surface area contributed by atoms with Crippen LogP contribution in [0.3, 0.4) is 0 Å². The molecule has 35 heavy (non-hydrogen) atoms. The van der Waals surface area contributed by atoms with Crippen LogP contribution in [-0.2, 0) is 0 Å².